The highest BCUT2D eigenvalue weighted by Crippen LogP contribution is 2.31. The molecule has 1 heterocycles. The summed E-state index contributed by atoms with van der Waals surface area (Å²) < 4.78 is 12.1. The molecule has 1 aliphatic heterocycles. The van der Waals surface area contributed by atoms with Gasteiger partial charge in [0.15, 0.2) is 0 Å². The fourth-order valence-corrected chi connectivity index (χ4v) is 3.80. The Morgan fingerprint density at radius 3 is 2.07 bits per heavy atom. The molecule has 28 heavy (non-hydrogen) atoms. The van der Waals surface area contributed by atoms with E-state index in [1.165, 1.54) is 22.2 Å². The highest BCUT2D eigenvalue weighted by molar-refractivity contribution is 8.26. The molecule has 0 radical (unpaired) electrons. The number of amides is 1. The quantitative estimate of drug-likeness (QED) is 0.349. The van der Waals surface area contributed by atoms with Crippen LogP contribution in [0.2, 0.25) is 0 Å². The molecule has 4 nitrogen and oxygen atoms in total. The summed E-state index contributed by atoms with van der Waals surface area (Å²) in [5.41, 5.74) is 2.25. The van der Waals surface area contributed by atoms with Crippen LogP contribution in [0.25, 0.3) is 6.08 Å². The van der Waals surface area contributed by atoms with E-state index >= 15 is 0 Å². The third kappa shape index (κ3) is 5.36. The zero-order chi connectivity index (χ0) is 19.9. The summed E-state index contributed by atoms with van der Waals surface area (Å²) in [6.07, 6.45) is 3.68. The molecule has 1 fully saturated rings. The van der Waals surface area contributed by atoms with E-state index < -0.39 is 0 Å². The third-order valence-electron chi connectivity index (χ3n) is 4.32. The maximum Gasteiger partial charge on any atom is 0.265 e. The van der Waals surface area contributed by atoms with Crippen molar-refractivity contribution in [1.29, 1.82) is 0 Å². The number of likely N-dealkylation sites (N-methyl/N-ethyl adjacent to an activating group) is 1. The smallest absolute Gasteiger partial charge is 0.265 e. The largest absolute Gasteiger partial charge is 0.493 e. The number of hydrogen-bond donors (Lipinski definition) is 0. The number of carbonyl (C=O) groups is 1. The fourth-order valence-electron chi connectivity index (χ4n) is 2.62. The van der Waals surface area contributed by atoms with Gasteiger partial charge < -0.3 is 9.47 Å². The summed E-state index contributed by atoms with van der Waals surface area (Å²) in [4.78, 5) is 14.2. The standard InChI is InChI=1S/C22H23NO3S2/c1-3-16-5-9-18(10-6-16)25-13-4-14-26-19-11-7-17(8-12-19)15-20-21(24)23(2)22(27)28-20/h5-12,15H,3-4,13-14H2,1-2H3/b20-15-. The Morgan fingerprint density at radius 2 is 1.57 bits per heavy atom. The van der Waals surface area contributed by atoms with Crippen LogP contribution < -0.4 is 9.47 Å². The van der Waals surface area contributed by atoms with Gasteiger partial charge in [0.2, 0.25) is 0 Å². The number of rotatable bonds is 8. The molecule has 0 aliphatic carbocycles. The van der Waals surface area contributed by atoms with Gasteiger partial charge in [0.1, 0.15) is 15.8 Å². The van der Waals surface area contributed by atoms with E-state index in [1.54, 1.807) is 7.05 Å². The molecule has 1 saturated heterocycles. The van der Waals surface area contributed by atoms with Crippen molar-refractivity contribution >= 4 is 40.3 Å². The number of ether oxygens (including phenoxy) is 2. The third-order valence-corrected chi connectivity index (χ3v) is 5.81. The normalized spacial score (nSPS) is 15.4. The first-order chi connectivity index (χ1) is 13.6. The summed E-state index contributed by atoms with van der Waals surface area (Å²) in [7, 11) is 1.69. The first kappa shape index (κ1) is 20.4. The van der Waals surface area contributed by atoms with E-state index in [0.717, 1.165) is 29.9 Å². The molecule has 1 aliphatic rings. The number of thiocarbonyl (C=S) groups is 1. The van der Waals surface area contributed by atoms with Gasteiger partial charge in [-0.05, 0) is 47.9 Å². The van der Waals surface area contributed by atoms with Gasteiger partial charge in [-0.1, -0.05) is 55.2 Å². The Kier molecular flexibility index (Phi) is 7.12. The van der Waals surface area contributed by atoms with Gasteiger partial charge in [0, 0.05) is 13.5 Å². The Balaban J connectivity index is 1.42. The van der Waals surface area contributed by atoms with Crippen LogP contribution in [0.15, 0.2) is 53.4 Å². The number of aryl methyl sites for hydroxylation is 1. The van der Waals surface area contributed by atoms with Gasteiger partial charge in [0.25, 0.3) is 5.91 Å². The van der Waals surface area contributed by atoms with Crippen molar-refractivity contribution in [1.82, 2.24) is 4.90 Å². The molecule has 0 aromatic heterocycles. The van der Waals surface area contributed by atoms with E-state index in [0.29, 0.717) is 22.4 Å². The Morgan fingerprint density at radius 1 is 1.00 bits per heavy atom. The summed E-state index contributed by atoms with van der Waals surface area (Å²) in [5.74, 6) is 1.63. The number of hydrogen-bond acceptors (Lipinski definition) is 5. The molecule has 0 atom stereocenters. The Hall–Kier alpha value is -2.31. The van der Waals surface area contributed by atoms with Crippen molar-refractivity contribution < 1.29 is 14.3 Å². The number of thioether (sulfide) groups is 1. The van der Waals surface area contributed by atoms with Crippen LogP contribution in [0.4, 0.5) is 0 Å². The van der Waals surface area contributed by atoms with E-state index in [-0.39, 0.29) is 5.91 Å². The van der Waals surface area contributed by atoms with E-state index in [2.05, 4.69) is 19.1 Å². The monoisotopic (exact) mass is 413 g/mol. The molecule has 6 heteroatoms. The fraction of sp³-hybridized carbons (Fsp3) is 0.273. The molecule has 0 spiro atoms. The molecular weight excluding hydrogens is 390 g/mol. The average molecular weight is 414 g/mol. The lowest BCUT2D eigenvalue weighted by Gasteiger charge is -2.09. The topological polar surface area (TPSA) is 38.8 Å². The summed E-state index contributed by atoms with van der Waals surface area (Å²) in [6.45, 7) is 3.33. The van der Waals surface area contributed by atoms with E-state index in [9.17, 15) is 4.79 Å². The minimum Gasteiger partial charge on any atom is -0.493 e. The van der Waals surface area contributed by atoms with Crippen LogP contribution in [0.3, 0.4) is 0 Å². The van der Waals surface area contributed by atoms with Crippen molar-refractivity contribution in [2.24, 2.45) is 0 Å². The molecule has 0 saturated carbocycles. The molecular formula is C22H23NO3S2. The van der Waals surface area contributed by atoms with Crippen LogP contribution in [0.5, 0.6) is 11.5 Å². The van der Waals surface area contributed by atoms with Gasteiger partial charge in [0.05, 0.1) is 18.1 Å². The van der Waals surface area contributed by atoms with Crippen molar-refractivity contribution in [2.75, 3.05) is 20.3 Å². The van der Waals surface area contributed by atoms with Crippen molar-refractivity contribution in [2.45, 2.75) is 19.8 Å². The van der Waals surface area contributed by atoms with Crippen molar-refractivity contribution in [3.63, 3.8) is 0 Å². The second-order valence-electron chi connectivity index (χ2n) is 6.36. The van der Waals surface area contributed by atoms with Gasteiger partial charge >= 0.3 is 0 Å². The van der Waals surface area contributed by atoms with Crippen molar-refractivity contribution in [3.8, 4) is 11.5 Å². The lowest BCUT2D eigenvalue weighted by atomic mass is 10.2. The predicted octanol–water partition coefficient (Wildman–Crippen LogP) is 4.93. The second-order valence-corrected chi connectivity index (χ2v) is 8.03. The summed E-state index contributed by atoms with van der Waals surface area (Å²) in [5, 5.41) is 0. The molecule has 0 bridgehead atoms. The molecule has 0 N–H and O–H groups in total. The zero-order valence-electron chi connectivity index (χ0n) is 16.0. The van der Waals surface area contributed by atoms with Gasteiger partial charge in [-0.25, -0.2) is 0 Å². The van der Waals surface area contributed by atoms with Gasteiger partial charge in [-0.2, -0.15) is 0 Å². The van der Waals surface area contributed by atoms with Crippen LogP contribution >= 0.6 is 24.0 Å². The summed E-state index contributed by atoms with van der Waals surface area (Å²) >= 11 is 6.47. The minimum absolute atomic E-state index is 0.0559. The summed E-state index contributed by atoms with van der Waals surface area (Å²) in [6, 6.07) is 15.9. The SMILES string of the molecule is CCc1ccc(OCCCOc2ccc(/C=C3\SC(=S)N(C)C3=O)cc2)cc1. The zero-order valence-corrected chi connectivity index (χ0v) is 17.6. The number of benzene rings is 2. The van der Waals surface area contributed by atoms with Gasteiger partial charge in [-0.15, -0.1) is 0 Å². The molecule has 1 amide bonds. The lowest BCUT2D eigenvalue weighted by molar-refractivity contribution is -0.121. The average Bonchev–Trinajstić information content (AvgIpc) is 2.96. The highest BCUT2D eigenvalue weighted by Gasteiger charge is 2.28. The Labute approximate surface area is 175 Å². The van der Waals surface area contributed by atoms with Gasteiger partial charge in [-0.3, -0.25) is 9.69 Å². The maximum atomic E-state index is 12.0. The second kappa shape index (κ2) is 9.75. The highest BCUT2D eigenvalue weighted by atomic mass is 32.2. The van der Waals surface area contributed by atoms with Crippen LogP contribution in [0.1, 0.15) is 24.5 Å². The van der Waals surface area contributed by atoms with E-state index in [1.807, 2.05) is 42.5 Å². The molecule has 146 valence electrons. The van der Waals surface area contributed by atoms with Crippen LogP contribution in [-0.4, -0.2) is 35.4 Å². The molecule has 2 aromatic rings. The molecule has 0 unspecified atom stereocenters. The predicted molar refractivity (Wildman–Crippen MR) is 119 cm³/mol. The van der Waals surface area contributed by atoms with E-state index in [4.69, 9.17) is 21.7 Å². The first-order valence-corrected chi connectivity index (χ1v) is 10.5. The van der Waals surface area contributed by atoms with Crippen LogP contribution in [0, 0.1) is 0 Å². The van der Waals surface area contributed by atoms with Crippen molar-refractivity contribution in [3.05, 3.63) is 64.6 Å². The Bertz CT molecular complexity index is 860. The first-order valence-electron chi connectivity index (χ1n) is 9.23. The van der Waals surface area contributed by atoms with Crippen LogP contribution in [-0.2, 0) is 11.2 Å². The lowest BCUT2D eigenvalue weighted by Crippen LogP contribution is -2.22. The molecule has 2 aromatic carbocycles. The maximum absolute atomic E-state index is 12.0. The number of nitrogens with zero attached hydrogens (tertiary/aromatic N) is 1. The molecule has 3 rings (SSSR count). The minimum atomic E-state index is -0.0559. The number of carbonyl (C=O) groups excluding carboxylic acids is 1.